The summed E-state index contributed by atoms with van der Waals surface area (Å²) in [4.78, 5) is 53.7. The van der Waals surface area contributed by atoms with Crippen molar-refractivity contribution in [2.45, 2.75) is 110 Å². The largest absolute Gasteiger partial charge is 0.469 e. The minimum Gasteiger partial charge on any atom is -0.465 e. The Kier molecular flexibility index (Phi) is 50.3. The zero-order chi connectivity index (χ0) is 29.5. The minimum absolute atomic E-state index is 0. The van der Waals surface area contributed by atoms with Gasteiger partial charge in [-0.15, -0.1) is 0 Å². The van der Waals surface area contributed by atoms with Gasteiger partial charge in [0.2, 0.25) is 0 Å². The van der Waals surface area contributed by atoms with E-state index in [0.717, 1.165) is 6.42 Å². The van der Waals surface area contributed by atoms with Crippen LogP contribution in [0.2, 0.25) is 0 Å². The van der Waals surface area contributed by atoms with Crippen molar-refractivity contribution < 1.29 is 56.8 Å². The third kappa shape index (κ3) is 50.0. The topological polar surface area (TPSA) is 238 Å². The van der Waals surface area contributed by atoms with Gasteiger partial charge in [0.25, 0.3) is 0 Å². The molecule has 0 heterocycles. The number of phosphoric ester groups is 2. The molecule has 0 unspecified atom stereocenters. The molecule has 0 spiro atoms. The average Bonchev–Trinajstić information content (AvgIpc) is 2.74. The highest BCUT2D eigenvalue weighted by atomic mass is 31.2. The molecule has 0 amide bonds. The monoisotopic (exact) mass is 634 g/mol. The number of ether oxygens (including phenoxy) is 2. The summed E-state index contributed by atoms with van der Waals surface area (Å²) < 4.78 is 37.1. The lowest BCUT2D eigenvalue weighted by Crippen LogP contribution is -2.37. The van der Waals surface area contributed by atoms with Crippen LogP contribution in [-0.2, 0) is 37.2 Å². The molecule has 0 aliphatic carbocycles. The van der Waals surface area contributed by atoms with Gasteiger partial charge in [0.1, 0.15) is 12.1 Å². The van der Waals surface area contributed by atoms with E-state index in [-0.39, 0.29) is 66.7 Å². The molecule has 8 N–H and O–H groups in total. The molecule has 0 aliphatic heterocycles. The van der Waals surface area contributed by atoms with Crippen molar-refractivity contribution in [3.8, 4) is 0 Å². The van der Waals surface area contributed by atoms with Crippen LogP contribution in [0.15, 0.2) is 0 Å². The summed E-state index contributed by atoms with van der Waals surface area (Å²) in [5, 5.41) is 0. The molecule has 14 nitrogen and oxygen atoms in total. The van der Waals surface area contributed by atoms with E-state index in [4.69, 9.17) is 40.5 Å². The van der Waals surface area contributed by atoms with E-state index in [9.17, 15) is 18.7 Å². The molecule has 0 aromatic rings. The van der Waals surface area contributed by atoms with Gasteiger partial charge in [0.05, 0.1) is 26.4 Å². The number of esters is 2. The zero-order valence-corrected chi connectivity index (χ0v) is 24.4. The second kappa shape index (κ2) is 34.3. The summed E-state index contributed by atoms with van der Waals surface area (Å²) >= 11 is 0. The Bertz CT molecular complexity index is 641. The van der Waals surface area contributed by atoms with Gasteiger partial charge in [-0.05, 0) is 38.5 Å². The molecular weight excluding hydrogens is 570 g/mol. The highest BCUT2D eigenvalue weighted by Crippen LogP contribution is 2.35. The van der Waals surface area contributed by atoms with Gasteiger partial charge in [-0.25, -0.2) is 9.13 Å². The van der Waals surface area contributed by atoms with Crippen molar-refractivity contribution in [1.82, 2.24) is 0 Å². The Morgan fingerprint density at radius 2 is 0.950 bits per heavy atom. The summed E-state index contributed by atoms with van der Waals surface area (Å²) in [5.41, 5.74) is 11.0. The lowest BCUT2D eigenvalue weighted by Gasteiger charge is -2.13. The van der Waals surface area contributed by atoms with Gasteiger partial charge in [-0.1, -0.05) is 71.2 Å². The molecule has 0 aromatic heterocycles. The Balaban J connectivity index is -0.0000000558. The number of rotatable bonds is 12. The van der Waals surface area contributed by atoms with Crippen molar-refractivity contribution in [3.05, 3.63) is 0 Å². The van der Waals surface area contributed by atoms with Gasteiger partial charge in [-0.2, -0.15) is 0 Å². The smallest absolute Gasteiger partial charge is 0.465 e. The molecule has 16 heteroatoms. The number of carbonyl (C=O) groups is 2. The van der Waals surface area contributed by atoms with E-state index in [0.29, 0.717) is 19.6 Å². The fourth-order valence-corrected chi connectivity index (χ4v) is 2.22. The lowest BCUT2D eigenvalue weighted by atomic mass is 10.1. The fourth-order valence-electron chi connectivity index (χ4n) is 1.46. The number of nitrogens with two attached hydrogens (primary N) is 2. The first-order chi connectivity index (χ1) is 16.3. The van der Waals surface area contributed by atoms with Gasteiger partial charge in [0, 0.05) is 0 Å². The molecule has 0 bridgehead atoms. The van der Waals surface area contributed by atoms with Crippen LogP contribution in [-0.4, -0.2) is 70.0 Å². The van der Waals surface area contributed by atoms with Gasteiger partial charge < -0.3 is 40.5 Å². The van der Waals surface area contributed by atoms with Gasteiger partial charge >= 0.3 is 27.6 Å². The first-order valence-corrected chi connectivity index (χ1v) is 14.6. The Morgan fingerprint density at radius 1 is 0.625 bits per heavy atom. The molecule has 0 fully saturated rings. The summed E-state index contributed by atoms with van der Waals surface area (Å²) in [6.45, 7) is 15.6. The SMILES string of the molecule is C.C.C.C.CCCOC(=O)[C@@H](N)C(C)C.CCCOP(=O)(O)O.CCOC(=O)[C@@H](N)C(C)C.CCOP(=O)(O)O. The maximum atomic E-state index is 11.0. The lowest BCUT2D eigenvalue weighted by molar-refractivity contribution is -0.146. The molecule has 0 aromatic carbocycles. The van der Waals surface area contributed by atoms with Crippen LogP contribution >= 0.6 is 15.6 Å². The van der Waals surface area contributed by atoms with E-state index >= 15 is 0 Å². The third-order valence-corrected chi connectivity index (χ3v) is 4.59. The molecule has 0 saturated carbocycles. The van der Waals surface area contributed by atoms with Crippen molar-refractivity contribution in [3.63, 3.8) is 0 Å². The fraction of sp³-hybridized carbons (Fsp3) is 0.917. The number of phosphoric acid groups is 2. The third-order valence-electron chi connectivity index (χ3n) is 3.48. The van der Waals surface area contributed by atoms with Crippen LogP contribution in [0.4, 0.5) is 0 Å². The summed E-state index contributed by atoms with van der Waals surface area (Å²) in [6.07, 6.45) is 1.46. The van der Waals surface area contributed by atoms with E-state index < -0.39 is 27.7 Å². The zero-order valence-electron chi connectivity index (χ0n) is 22.7. The predicted molar refractivity (Wildman–Crippen MR) is 162 cm³/mol. The molecule has 2 atom stereocenters. The summed E-state index contributed by atoms with van der Waals surface area (Å²) in [7, 11) is -8.35. The van der Waals surface area contributed by atoms with E-state index in [1.165, 1.54) is 6.92 Å². The maximum Gasteiger partial charge on any atom is 0.469 e. The number of hydrogen-bond acceptors (Lipinski definition) is 10. The summed E-state index contributed by atoms with van der Waals surface area (Å²) in [6, 6.07) is -0.943. The van der Waals surface area contributed by atoms with Crippen LogP contribution < -0.4 is 11.5 Å². The standard InChI is InChI=1S/C8H17NO2.C7H15NO2.C3H9O4P.C2H7O4P.4CH4/c1-4-5-11-8(10)7(9)6(2)3;1-4-10-7(9)6(8)5(2)3;1-2-3-7-8(4,5)6;1-2-6-7(3,4)5;;;;/h6-7H,4-5,9H2,1-3H3;5-6H,4,8H2,1-3H3;2-3H2,1H3,(H2,4,5,6);2H2,1H3,(H2,3,4,5);4*1H4/t7-;6-;;;;;;/m00....../s1. The second-order valence-corrected chi connectivity index (χ2v) is 10.2. The highest BCUT2D eigenvalue weighted by molar-refractivity contribution is 7.46. The first kappa shape index (κ1) is 58.7. The molecule has 0 aliphatic rings. The quantitative estimate of drug-likeness (QED) is 0.127. The molecule has 0 radical (unpaired) electrons. The van der Waals surface area contributed by atoms with Crippen LogP contribution in [0, 0.1) is 11.8 Å². The van der Waals surface area contributed by atoms with Crippen molar-refractivity contribution in [2.24, 2.45) is 23.3 Å². The first-order valence-electron chi connectivity index (χ1n) is 11.6. The van der Waals surface area contributed by atoms with Gasteiger partial charge in [-0.3, -0.25) is 18.6 Å². The van der Waals surface area contributed by atoms with E-state index in [1.54, 1.807) is 13.8 Å². The van der Waals surface area contributed by atoms with Gasteiger partial charge in [0.15, 0.2) is 0 Å². The molecule has 40 heavy (non-hydrogen) atoms. The number of carbonyl (C=O) groups excluding carboxylic acids is 2. The van der Waals surface area contributed by atoms with Crippen molar-refractivity contribution >= 4 is 27.6 Å². The van der Waals surface area contributed by atoms with Crippen molar-refractivity contribution in [2.75, 3.05) is 26.4 Å². The van der Waals surface area contributed by atoms with E-state index in [1.807, 2.05) is 34.6 Å². The average molecular weight is 635 g/mol. The minimum atomic E-state index is -4.18. The van der Waals surface area contributed by atoms with Crippen LogP contribution in [0.3, 0.4) is 0 Å². The Morgan fingerprint density at radius 3 is 1.12 bits per heavy atom. The van der Waals surface area contributed by atoms with Crippen molar-refractivity contribution in [1.29, 1.82) is 0 Å². The summed E-state index contributed by atoms with van der Waals surface area (Å²) in [5.74, 6) is -0.294. The van der Waals surface area contributed by atoms with Crippen LogP contribution in [0.1, 0.15) is 97.9 Å². The Labute approximate surface area is 244 Å². The Hall–Kier alpha value is -0.920. The van der Waals surface area contributed by atoms with Crippen LogP contribution in [0.25, 0.3) is 0 Å². The maximum absolute atomic E-state index is 11.0. The van der Waals surface area contributed by atoms with Crippen LogP contribution in [0.5, 0.6) is 0 Å². The van der Waals surface area contributed by atoms with E-state index in [2.05, 4.69) is 9.05 Å². The molecular formula is C24H64N2O12P2. The predicted octanol–water partition coefficient (Wildman–Crippen LogP) is 4.62. The molecule has 0 saturated heterocycles. The second-order valence-electron chi connectivity index (χ2n) is 7.69. The highest BCUT2D eigenvalue weighted by Gasteiger charge is 2.18. The normalized spacial score (nSPS) is 11.4. The molecule has 252 valence electrons. The molecule has 0 rings (SSSR count). The number of hydrogen-bond donors (Lipinski definition) is 6.